The van der Waals surface area contributed by atoms with Crippen molar-refractivity contribution in [2.24, 2.45) is 10.7 Å². The van der Waals surface area contributed by atoms with Crippen LogP contribution in [-0.2, 0) is 0 Å². The molecule has 1 atom stereocenters. The molecule has 1 aliphatic rings. The zero-order chi connectivity index (χ0) is 21.5. The van der Waals surface area contributed by atoms with Crippen LogP contribution in [0, 0.1) is 10.1 Å². The van der Waals surface area contributed by atoms with E-state index in [4.69, 9.17) is 22.1 Å². The van der Waals surface area contributed by atoms with Crippen molar-refractivity contribution in [3.8, 4) is 5.75 Å². The highest BCUT2D eigenvalue weighted by molar-refractivity contribution is 14.0. The standard InChI is InChI=1S/C20H24ClN5O4.HI/c21-15-1-3-16(4-2-15)24-9-11-25(12-10-24)20(22)23-13-18(27)14-30-19-7-5-17(6-8-19)26(28)29;/h1-8,18,27H,9-14H2,(H2,22,23);1H. The lowest BCUT2D eigenvalue weighted by molar-refractivity contribution is -0.384. The van der Waals surface area contributed by atoms with Crippen LogP contribution in [0.2, 0.25) is 5.02 Å². The Hall–Kier alpha value is -2.31. The van der Waals surface area contributed by atoms with Gasteiger partial charge in [0.1, 0.15) is 18.5 Å². The third-order valence-electron chi connectivity index (χ3n) is 4.75. The summed E-state index contributed by atoms with van der Waals surface area (Å²) < 4.78 is 5.44. The van der Waals surface area contributed by atoms with Gasteiger partial charge in [-0.2, -0.15) is 0 Å². The first-order valence-electron chi connectivity index (χ1n) is 9.53. The Balaban J connectivity index is 0.00000341. The molecule has 0 spiro atoms. The molecule has 2 aromatic carbocycles. The van der Waals surface area contributed by atoms with E-state index in [9.17, 15) is 15.2 Å². The Morgan fingerprint density at radius 3 is 2.35 bits per heavy atom. The van der Waals surface area contributed by atoms with E-state index in [2.05, 4.69) is 9.89 Å². The van der Waals surface area contributed by atoms with Crippen LogP contribution in [0.5, 0.6) is 5.75 Å². The zero-order valence-corrected chi connectivity index (χ0v) is 19.8. The number of nitrogens with zero attached hydrogens (tertiary/aromatic N) is 4. The van der Waals surface area contributed by atoms with Gasteiger partial charge in [-0.05, 0) is 36.4 Å². The third kappa shape index (κ3) is 7.40. The number of nitro benzene ring substituents is 1. The lowest BCUT2D eigenvalue weighted by Gasteiger charge is -2.36. The van der Waals surface area contributed by atoms with Gasteiger partial charge in [-0.25, -0.2) is 0 Å². The van der Waals surface area contributed by atoms with E-state index in [-0.39, 0.29) is 42.8 Å². The number of nitro groups is 1. The van der Waals surface area contributed by atoms with Crippen molar-refractivity contribution >= 4 is 52.9 Å². The largest absolute Gasteiger partial charge is 0.491 e. The number of halogens is 2. The molecule has 1 fully saturated rings. The molecule has 11 heteroatoms. The average molecular weight is 562 g/mol. The molecule has 9 nitrogen and oxygen atoms in total. The topological polar surface area (TPSA) is 117 Å². The minimum atomic E-state index is -0.839. The van der Waals surface area contributed by atoms with Crippen molar-refractivity contribution in [1.82, 2.24) is 4.90 Å². The molecule has 3 rings (SSSR count). The molecule has 1 unspecified atom stereocenters. The number of hydrogen-bond acceptors (Lipinski definition) is 6. The molecule has 0 aromatic heterocycles. The van der Waals surface area contributed by atoms with Crippen molar-refractivity contribution in [3.05, 3.63) is 63.7 Å². The highest BCUT2D eigenvalue weighted by atomic mass is 127. The van der Waals surface area contributed by atoms with E-state index >= 15 is 0 Å². The van der Waals surface area contributed by atoms with Gasteiger partial charge in [0.25, 0.3) is 5.69 Å². The smallest absolute Gasteiger partial charge is 0.269 e. The van der Waals surface area contributed by atoms with Crippen LogP contribution < -0.4 is 15.4 Å². The van der Waals surface area contributed by atoms with Gasteiger partial charge in [0.15, 0.2) is 5.96 Å². The van der Waals surface area contributed by atoms with Gasteiger partial charge >= 0.3 is 0 Å². The number of non-ortho nitro benzene ring substituents is 1. The number of anilines is 1. The molecule has 3 N–H and O–H groups in total. The summed E-state index contributed by atoms with van der Waals surface area (Å²) in [5.41, 5.74) is 7.18. The minimum Gasteiger partial charge on any atom is -0.491 e. The summed E-state index contributed by atoms with van der Waals surface area (Å²) in [4.78, 5) is 18.7. The van der Waals surface area contributed by atoms with Crippen molar-refractivity contribution in [3.63, 3.8) is 0 Å². The van der Waals surface area contributed by atoms with Crippen LogP contribution in [0.25, 0.3) is 0 Å². The van der Waals surface area contributed by atoms with Crippen LogP contribution in [-0.4, -0.2) is 66.3 Å². The molecule has 0 bridgehead atoms. The number of guanidine groups is 1. The highest BCUT2D eigenvalue weighted by Crippen LogP contribution is 2.19. The van der Waals surface area contributed by atoms with Gasteiger partial charge in [-0.3, -0.25) is 15.1 Å². The molecule has 1 saturated heterocycles. The van der Waals surface area contributed by atoms with Crippen LogP contribution in [0.1, 0.15) is 0 Å². The lowest BCUT2D eigenvalue weighted by Crippen LogP contribution is -2.51. The lowest BCUT2D eigenvalue weighted by atomic mass is 10.2. The summed E-state index contributed by atoms with van der Waals surface area (Å²) in [6.07, 6.45) is -0.839. The Labute approximate surface area is 202 Å². The molecule has 31 heavy (non-hydrogen) atoms. The van der Waals surface area contributed by atoms with Crippen molar-refractivity contribution in [1.29, 1.82) is 0 Å². The number of piperazine rings is 1. The SMILES string of the molecule is I.NC(=NCC(O)COc1ccc([N+](=O)[O-])cc1)N1CCN(c2ccc(Cl)cc2)CC1. The van der Waals surface area contributed by atoms with Crippen LogP contribution in [0.15, 0.2) is 53.5 Å². The van der Waals surface area contributed by atoms with Crippen LogP contribution in [0.4, 0.5) is 11.4 Å². The predicted octanol–water partition coefficient (Wildman–Crippen LogP) is 2.74. The molecule has 0 saturated carbocycles. The first kappa shape index (κ1) is 25.0. The zero-order valence-electron chi connectivity index (χ0n) is 16.8. The number of benzene rings is 2. The van der Waals surface area contributed by atoms with E-state index in [1.165, 1.54) is 24.3 Å². The molecule has 2 aromatic rings. The number of rotatable bonds is 7. The minimum absolute atomic E-state index is 0. The maximum atomic E-state index is 10.6. The molecule has 1 heterocycles. The summed E-state index contributed by atoms with van der Waals surface area (Å²) in [6, 6.07) is 13.4. The van der Waals surface area contributed by atoms with Crippen molar-refractivity contribution in [2.45, 2.75) is 6.10 Å². The van der Waals surface area contributed by atoms with E-state index in [1.807, 2.05) is 29.2 Å². The van der Waals surface area contributed by atoms with E-state index < -0.39 is 11.0 Å². The molecular formula is C20H25ClIN5O4. The average Bonchev–Trinajstić information content (AvgIpc) is 2.77. The van der Waals surface area contributed by atoms with Crippen LogP contribution >= 0.6 is 35.6 Å². The van der Waals surface area contributed by atoms with E-state index in [0.717, 1.165) is 31.9 Å². The van der Waals surface area contributed by atoms with Gasteiger partial charge in [-0.1, -0.05) is 11.6 Å². The van der Waals surface area contributed by atoms with Gasteiger partial charge in [-0.15, -0.1) is 24.0 Å². The molecule has 1 aliphatic heterocycles. The summed E-state index contributed by atoms with van der Waals surface area (Å²) in [5.74, 6) is 0.829. The number of aliphatic imine (C=N–C) groups is 1. The molecule has 0 amide bonds. The van der Waals surface area contributed by atoms with Gasteiger partial charge in [0.05, 0.1) is 11.5 Å². The fourth-order valence-electron chi connectivity index (χ4n) is 3.05. The normalized spacial score (nSPS) is 15.2. The van der Waals surface area contributed by atoms with Crippen molar-refractivity contribution < 1.29 is 14.8 Å². The number of aliphatic hydroxyl groups excluding tert-OH is 1. The summed E-state index contributed by atoms with van der Waals surface area (Å²) >= 11 is 5.94. The number of nitrogens with two attached hydrogens (primary N) is 1. The van der Waals surface area contributed by atoms with Gasteiger partial charge < -0.3 is 25.4 Å². The number of aliphatic hydroxyl groups is 1. The van der Waals surface area contributed by atoms with E-state index in [0.29, 0.717) is 16.7 Å². The maximum absolute atomic E-state index is 10.6. The Morgan fingerprint density at radius 1 is 1.16 bits per heavy atom. The molecule has 168 valence electrons. The Bertz CT molecular complexity index is 874. The second-order valence-electron chi connectivity index (χ2n) is 6.87. The van der Waals surface area contributed by atoms with E-state index in [1.54, 1.807) is 0 Å². The fraction of sp³-hybridized carbons (Fsp3) is 0.350. The van der Waals surface area contributed by atoms with Crippen molar-refractivity contribution in [2.75, 3.05) is 44.2 Å². The number of hydrogen-bond donors (Lipinski definition) is 2. The third-order valence-corrected chi connectivity index (χ3v) is 5.00. The second kappa shape index (κ2) is 11.9. The first-order chi connectivity index (χ1) is 14.4. The summed E-state index contributed by atoms with van der Waals surface area (Å²) in [7, 11) is 0. The second-order valence-corrected chi connectivity index (χ2v) is 7.30. The molecular weight excluding hydrogens is 537 g/mol. The molecule has 0 radical (unpaired) electrons. The molecule has 0 aliphatic carbocycles. The maximum Gasteiger partial charge on any atom is 0.269 e. The summed E-state index contributed by atoms with van der Waals surface area (Å²) in [5, 5.41) is 21.4. The monoisotopic (exact) mass is 561 g/mol. The first-order valence-corrected chi connectivity index (χ1v) is 9.91. The van der Waals surface area contributed by atoms with Gasteiger partial charge in [0.2, 0.25) is 0 Å². The van der Waals surface area contributed by atoms with Crippen LogP contribution in [0.3, 0.4) is 0 Å². The summed E-state index contributed by atoms with van der Waals surface area (Å²) in [6.45, 7) is 3.20. The Morgan fingerprint density at radius 2 is 1.77 bits per heavy atom. The quantitative estimate of drug-likeness (QED) is 0.175. The highest BCUT2D eigenvalue weighted by Gasteiger charge is 2.19. The van der Waals surface area contributed by atoms with Gasteiger partial charge in [0, 0.05) is 49.0 Å². The Kier molecular flexibility index (Phi) is 9.59. The predicted molar refractivity (Wildman–Crippen MR) is 132 cm³/mol. The fourth-order valence-corrected chi connectivity index (χ4v) is 3.18. The number of ether oxygens (including phenoxy) is 1.